The zero-order chi connectivity index (χ0) is 32.8. The van der Waals surface area contributed by atoms with Crippen LogP contribution in [0.4, 0.5) is 0 Å². The molecule has 1 amide bonds. The number of fused-ring (bicyclic) bond motifs is 1. The van der Waals surface area contributed by atoms with E-state index in [0.717, 1.165) is 52.9 Å². The zero-order valence-electron chi connectivity index (χ0n) is 26.6. The molecule has 0 radical (unpaired) electrons. The van der Waals surface area contributed by atoms with Gasteiger partial charge in [-0.25, -0.2) is 8.42 Å². The van der Waals surface area contributed by atoms with Gasteiger partial charge in [-0.3, -0.25) is 14.2 Å². The van der Waals surface area contributed by atoms with Gasteiger partial charge >= 0.3 is 0 Å². The average molecular weight is 654 g/mol. The molecule has 1 fully saturated rings. The first-order valence-corrected chi connectivity index (χ1v) is 17.2. The molecule has 46 heavy (non-hydrogen) atoms. The quantitative estimate of drug-likeness (QED) is 0.303. The van der Waals surface area contributed by atoms with Gasteiger partial charge in [0.05, 0.1) is 30.7 Å². The third kappa shape index (κ3) is 7.30. The third-order valence-corrected chi connectivity index (χ3v) is 10.8. The highest BCUT2D eigenvalue weighted by molar-refractivity contribution is 7.89. The number of nitrogens with zero attached hydrogens (tertiary/aromatic N) is 3. The van der Waals surface area contributed by atoms with Gasteiger partial charge in [0.25, 0.3) is 5.91 Å². The molecule has 1 aliphatic carbocycles. The van der Waals surface area contributed by atoms with Crippen molar-refractivity contribution in [3.63, 3.8) is 0 Å². The summed E-state index contributed by atoms with van der Waals surface area (Å²) in [6.45, 7) is 0.937. The number of carbonyl (C=O) groups excluding carboxylic acids is 2. The lowest BCUT2D eigenvalue weighted by Crippen LogP contribution is -2.41. The highest BCUT2D eigenvalue weighted by Gasteiger charge is 2.34. The van der Waals surface area contributed by atoms with Crippen LogP contribution in [0.2, 0.25) is 0 Å². The molecular weight excluding hydrogens is 610 g/mol. The van der Waals surface area contributed by atoms with E-state index in [1.807, 2.05) is 36.5 Å². The van der Waals surface area contributed by atoms with Crippen LogP contribution in [0.25, 0.3) is 10.9 Å². The molecule has 2 atom stereocenters. The highest BCUT2D eigenvalue weighted by atomic mass is 32.2. The van der Waals surface area contributed by atoms with Gasteiger partial charge in [-0.1, -0.05) is 37.5 Å². The summed E-state index contributed by atoms with van der Waals surface area (Å²) in [5.74, 6) is 0.0386. The van der Waals surface area contributed by atoms with Crippen molar-refractivity contribution in [2.75, 3.05) is 40.5 Å². The van der Waals surface area contributed by atoms with Crippen molar-refractivity contribution in [1.29, 1.82) is 0 Å². The maximum atomic E-state index is 13.8. The van der Waals surface area contributed by atoms with Gasteiger partial charge in [0.2, 0.25) is 22.2 Å². The van der Waals surface area contributed by atoms with E-state index in [4.69, 9.17) is 14.2 Å². The Morgan fingerprint density at radius 3 is 2.43 bits per heavy atom. The lowest BCUT2D eigenvalue weighted by molar-refractivity contribution is -0.153. The lowest BCUT2D eigenvalue weighted by atomic mass is 9.91. The van der Waals surface area contributed by atoms with Gasteiger partial charge in [0.1, 0.15) is 5.75 Å². The number of benzene rings is 2. The summed E-state index contributed by atoms with van der Waals surface area (Å²) < 4.78 is 47.0. The number of para-hydroxylation sites is 1. The van der Waals surface area contributed by atoms with E-state index in [9.17, 15) is 23.1 Å². The van der Waals surface area contributed by atoms with Crippen LogP contribution in [0.1, 0.15) is 61.7 Å². The Bertz CT molecular complexity index is 1660. The molecule has 0 bridgehead atoms. The summed E-state index contributed by atoms with van der Waals surface area (Å²) in [7, 11) is -0.626. The van der Waals surface area contributed by atoms with Crippen LogP contribution >= 0.6 is 0 Å². The number of likely N-dealkylation sites (N-methyl/N-ethyl adjacent to an activating group) is 1. The molecule has 0 spiro atoms. The smallest absolute Gasteiger partial charge is 0.288 e. The first kappa shape index (κ1) is 33.6. The Hall–Kier alpha value is -3.71. The van der Waals surface area contributed by atoms with Gasteiger partial charge < -0.3 is 24.2 Å². The fourth-order valence-corrected chi connectivity index (χ4v) is 7.76. The summed E-state index contributed by atoms with van der Waals surface area (Å²) >= 11 is 0. The van der Waals surface area contributed by atoms with E-state index in [0.29, 0.717) is 12.2 Å². The number of allylic oxidation sites excluding steroid dienone is 1. The number of amides is 1. The van der Waals surface area contributed by atoms with Gasteiger partial charge in [0.15, 0.2) is 5.76 Å². The summed E-state index contributed by atoms with van der Waals surface area (Å²) in [4.78, 5) is 28.1. The molecule has 1 aromatic heterocycles. The molecule has 1 aliphatic heterocycles. The Balaban J connectivity index is 1.38. The van der Waals surface area contributed by atoms with Crippen LogP contribution in [0.5, 0.6) is 5.75 Å². The molecule has 5 rings (SSSR count). The van der Waals surface area contributed by atoms with Crippen LogP contribution in [-0.2, 0) is 24.3 Å². The van der Waals surface area contributed by atoms with Crippen molar-refractivity contribution in [1.82, 2.24) is 13.8 Å². The number of aliphatic hydroxyl groups is 1. The molecule has 2 aromatic carbocycles. The maximum absolute atomic E-state index is 13.8. The van der Waals surface area contributed by atoms with Crippen LogP contribution in [0.15, 0.2) is 71.5 Å². The van der Waals surface area contributed by atoms with E-state index in [1.165, 1.54) is 26.2 Å². The molecule has 12 heteroatoms. The average Bonchev–Trinajstić information content (AvgIpc) is 3.48. The van der Waals surface area contributed by atoms with Crippen molar-refractivity contribution >= 4 is 32.7 Å². The maximum Gasteiger partial charge on any atom is 0.288 e. The normalized spacial score (nSPS) is 19.1. The zero-order valence-corrected chi connectivity index (χ0v) is 27.4. The molecule has 3 aromatic rings. The minimum Gasteiger partial charge on any atom is -0.497 e. The molecule has 2 unspecified atom stereocenters. The van der Waals surface area contributed by atoms with Crippen molar-refractivity contribution < 1.29 is 37.3 Å². The predicted octanol–water partition coefficient (Wildman–Crippen LogP) is 4.51. The number of sulfonamides is 1. The topological polar surface area (TPSA) is 128 Å². The van der Waals surface area contributed by atoms with Gasteiger partial charge in [0, 0.05) is 57.0 Å². The number of aromatic nitrogens is 1. The monoisotopic (exact) mass is 653 g/mol. The Labute approximate surface area is 270 Å². The summed E-state index contributed by atoms with van der Waals surface area (Å²) in [5, 5.41) is 10.5. The van der Waals surface area contributed by atoms with E-state index in [1.54, 1.807) is 28.6 Å². The molecule has 2 aliphatic rings. The lowest BCUT2D eigenvalue weighted by Gasteiger charge is -2.35. The van der Waals surface area contributed by atoms with Crippen molar-refractivity contribution in [2.45, 2.75) is 68.6 Å². The molecule has 11 nitrogen and oxygen atoms in total. The summed E-state index contributed by atoms with van der Waals surface area (Å²) in [6, 6.07) is 13.8. The Morgan fingerprint density at radius 1 is 1.04 bits per heavy atom. The predicted molar refractivity (Wildman–Crippen MR) is 173 cm³/mol. The number of hydrogen-bond acceptors (Lipinski definition) is 8. The standard InChI is InChI=1S/C34H43N3O8S/c1-24(39)37-23-30(29-11-7-8-12-31(29)37)25-21-32(34(40)35(2)26-9-5-4-6-10-26)45-33(22-25)44-20-18-36(17-19-38)46(41,42)28-15-13-27(43-3)14-16-28/h7-8,11-16,21,23,25-26,33,38H,4-6,9-10,17-20,22H2,1-3H3. The Morgan fingerprint density at radius 2 is 1.76 bits per heavy atom. The second-order valence-electron chi connectivity index (χ2n) is 11.8. The van der Waals surface area contributed by atoms with Crippen LogP contribution in [0, 0.1) is 0 Å². The van der Waals surface area contributed by atoms with Gasteiger partial charge in [-0.15, -0.1) is 0 Å². The van der Waals surface area contributed by atoms with Crippen molar-refractivity contribution in [3.05, 3.63) is 72.1 Å². The molecule has 1 saturated carbocycles. The van der Waals surface area contributed by atoms with Crippen LogP contribution < -0.4 is 4.74 Å². The van der Waals surface area contributed by atoms with Crippen LogP contribution in [-0.4, -0.2) is 91.9 Å². The molecule has 0 saturated heterocycles. The number of aliphatic hydroxyl groups excluding tert-OH is 1. The fourth-order valence-electron chi connectivity index (χ4n) is 6.34. The van der Waals surface area contributed by atoms with Gasteiger partial charge in [-0.05, 0) is 54.8 Å². The van der Waals surface area contributed by atoms with Crippen molar-refractivity contribution in [2.24, 2.45) is 0 Å². The fraction of sp³-hybridized carbons (Fsp3) is 0.471. The number of methoxy groups -OCH3 is 1. The second kappa shape index (κ2) is 14.8. The van der Waals surface area contributed by atoms with Crippen LogP contribution in [0.3, 0.4) is 0 Å². The number of ether oxygens (including phenoxy) is 3. The first-order valence-electron chi connectivity index (χ1n) is 15.8. The number of carbonyl (C=O) groups is 2. The molecule has 1 N–H and O–H groups in total. The number of hydrogen-bond donors (Lipinski definition) is 1. The summed E-state index contributed by atoms with van der Waals surface area (Å²) in [6.07, 6.45) is 8.32. The van der Waals surface area contributed by atoms with E-state index >= 15 is 0 Å². The Kier molecular flexibility index (Phi) is 10.8. The first-order chi connectivity index (χ1) is 22.1. The second-order valence-corrected chi connectivity index (χ2v) is 13.7. The van der Waals surface area contributed by atoms with E-state index in [-0.39, 0.29) is 60.7 Å². The number of rotatable bonds is 12. The molecule has 248 valence electrons. The molecular formula is C34H43N3O8S. The van der Waals surface area contributed by atoms with Crippen molar-refractivity contribution in [3.8, 4) is 5.75 Å². The largest absolute Gasteiger partial charge is 0.497 e. The SMILES string of the molecule is COc1ccc(S(=O)(=O)N(CCO)CCOC2CC(c3cn(C(C)=O)c4ccccc34)C=C(C(=O)N(C)C3CCCCC3)O2)cc1. The molecule has 2 heterocycles. The summed E-state index contributed by atoms with van der Waals surface area (Å²) in [5.41, 5.74) is 1.65. The highest BCUT2D eigenvalue weighted by Crippen LogP contribution is 2.37. The van der Waals surface area contributed by atoms with Gasteiger partial charge in [-0.2, -0.15) is 4.31 Å². The third-order valence-electron chi connectivity index (χ3n) is 8.88. The minimum absolute atomic E-state index is 0.0398. The van der Waals surface area contributed by atoms with E-state index < -0.39 is 16.3 Å². The van der Waals surface area contributed by atoms with E-state index in [2.05, 4.69) is 0 Å². The minimum atomic E-state index is -3.93.